The van der Waals surface area contributed by atoms with Gasteiger partial charge in [-0.25, -0.2) is 0 Å². The van der Waals surface area contributed by atoms with Crippen LogP contribution in [-0.2, 0) is 13.3 Å². The molecule has 0 saturated carbocycles. The minimum atomic E-state index is -2.45. The monoisotopic (exact) mass is 235 g/mol. The van der Waals surface area contributed by atoms with Crippen LogP contribution in [0.2, 0.25) is 6.04 Å². The largest absolute Gasteiger partial charge is 0.500 e. The summed E-state index contributed by atoms with van der Waals surface area (Å²) >= 11 is 0. The molecule has 0 amide bonds. The van der Waals surface area contributed by atoms with Gasteiger partial charge in [0, 0.05) is 26.9 Å². The molecule has 0 fully saturated rings. The lowest BCUT2D eigenvalue weighted by Crippen LogP contribution is -2.45. The average molecular weight is 235 g/mol. The van der Waals surface area contributed by atoms with Gasteiger partial charge in [0.05, 0.1) is 0 Å². The molecule has 15 heavy (non-hydrogen) atoms. The van der Waals surface area contributed by atoms with Gasteiger partial charge in [0.1, 0.15) is 0 Å². The zero-order valence-electron chi connectivity index (χ0n) is 10.6. The Bertz CT molecular complexity index is 167. The molecular formula is C10H25NO3Si. The number of hydrogen-bond donors (Lipinski definition) is 1. The molecule has 0 aliphatic heterocycles. The van der Waals surface area contributed by atoms with E-state index < -0.39 is 8.80 Å². The van der Waals surface area contributed by atoms with Crippen LogP contribution in [-0.4, -0.2) is 36.2 Å². The van der Waals surface area contributed by atoms with Crippen LogP contribution in [0.4, 0.5) is 0 Å². The van der Waals surface area contributed by atoms with E-state index >= 15 is 0 Å². The van der Waals surface area contributed by atoms with Crippen LogP contribution >= 0.6 is 0 Å². The van der Waals surface area contributed by atoms with Crippen LogP contribution in [0.1, 0.15) is 27.2 Å². The van der Waals surface area contributed by atoms with Crippen molar-refractivity contribution in [3.63, 3.8) is 0 Å². The van der Waals surface area contributed by atoms with Crippen molar-refractivity contribution in [3.8, 4) is 0 Å². The number of rotatable bonds is 7. The van der Waals surface area contributed by atoms with E-state index in [0.717, 1.165) is 12.5 Å². The standard InChI is InChI=1S/C10H25NO3Si/c1-10(2,3)9-14-15(12-4,13-5)8-6-7-11/h6-9,11H2,1-5H3. The van der Waals surface area contributed by atoms with Gasteiger partial charge in [0.25, 0.3) is 0 Å². The molecule has 0 aromatic heterocycles. The third-order valence-electron chi connectivity index (χ3n) is 2.03. The fraction of sp³-hybridized carbons (Fsp3) is 1.00. The molecule has 0 aliphatic rings. The highest BCUT2D eigenvalue weighted by atomic mass is 28.4. The van der Waals surface area contributed by atoms with E-state index in [1.807, 2.05) is 0 Å². The van der Waals surface area contributed by atoms with Gasteiger partial charge >= 0.3 is 8.80 Å². The molecule has 0 heterocycles. The van der Waals surface area contributed by atoms with E-state index in [-0.39, 0.29) is 5.41 Å². The predicted molar refractivity (Wildman–Crippen MR) is 63.7 cm³/mol. The summed E-state index contributed by atoms with van der Waals surface area (Å²) in [6.07, 6.45) is 0.873. The molecule has 4 nitrogen and oxygen atoms in total. The first-order chi connectivity index (χ1) is 6.89. The van der Waals surface area contributed by atoms with E-state index in [1.165, 1.54) is 0 Å². The molecule has 0 aliphatic carbocycles. The van der Waals surface area contributed by atoms with Crippen molar-refractivity contribution in [1.29, 1.82) is 0 Å². The third-order valence-corrected chi connectivity index (χ3v) is 4.83. The normalized spacial score (nSPS) is 13.2. The Balaban J connectivity index is 4.23. The highest BCUT2D eigenvalue weighted by Crippen LogP contribution is 2.21. The Morgan fingerprint density at radius 2 is 1.67 bits per heavy atom. The summed E-state index contributed by atoms with van der Waals surface area (Å²) in [5, 5.41) is 0. The zero-order chi connectivity index (χ0) is 11.9. The Hall–Kier alpha value is 0.0569. The van der Waals surface area contributed by atoms with Crippen LogP contribution < -0.4 is 5.73 Å². The Kier molecular flexibility index (Phi) is 6.62. The average Bonchev–Trinajstić information content (AvgIpc) is 2.18. The summed E-state index contributed by atoms with van der Waals surface area (Å²) in [4.78, 5) is 0. The van der Waals surface area contributed by atoms with Gasteiger partial charge in [-0.05, 0) is 18.4 Å². The first kappa shape index (κ1) is 15.1. The summed E-state index contributed by atoms with van der Waals surface area (Å²) in [5.74, 6) is 0. The molecule has 0 atom stereocenters. The predicted octanol–water partition coefficient (Wildman–Crippen LogP) is 1.63. The van der Waals surface area contributed by atoms with Crippen molar-refractivity contribution >= 4 is 8.80 Å². The van der Waals surface area contributed by atoms with E-state index in [4.69, 9.17) is 19.0 Å². The zero-order valence-corrected chi connectivity index (χ0v) is 11.6. The third kappa shape index (κ3) is 6.27. The molecule has 0 bridgehead atoms. The van der Waals surface area contributed by atoms with Crippen LogP contribution in [0.25, 0.3) is 0 Å². The summed E-state index contributed by atoms with van der Waals surface area (Å²) < 4.78 is 16.7. The molecule has 0 spiro atoms. The molecule has 0 radical (unpaired) electrons. The second-order valence-electron chi connectivity index (χ2n) is 4.83. The summed E-state index contributed by atoms with van der Waals surface area (Å²) in [6.45, 7) is 7.66. The van der Waals surface area contributed by atoms with Gasteiger partial charge in [-0.2, -0.15) is 0 Å². The van der Waals surface area contributed by atoms with Crippen molar-refractivity contribution in [3.05, 3.63) is 0 Å². The quantitative estimate of drug-likeness (QED) is 0.681. The second kappa shape index (κ2) is 6.60. The second-order valence-corrected chi connectivity index (χ2v) is 7.80. The fourth-order valence-corrected chi connectivity index (χ4v) is 3.37. The van der Waals surface area contributed by atoms with E-state index in [0.29, 0.717) is 13.2 Å². The maximum atomic E-state index is 5.83. The van der Waals surface area contributed by atoms with Gasteiger partial charge in [-0.1, -0.05) is 20.8 Å². The summed E-state index contributed by atoms with van der Waals surface area (Å²) in [7, 11) is 0.841. The number of nitrogens with two attached hydrogens (primary N) is 1. The van der Waals surface area contributed by atoms with Gasteiger partial charge in [0.15, 0.2) is 0 Å². The molecule has 0 rings (SSSR count). The van der Waals surface area contributed by atoms with Crippen molar-refractivity contribution < 1.29 is 13.3 Å². The molecule has 0 aromatic rings. The van der Waals surface area contributed by atoms with Gasteiger partial charge in [-0.3, -0.25) is 0 Å². The molecule has 5 heteroatoms. The van der Waals surface area contributed by atoms with Gasteiger partial charge in [0.2, 0.25) is 0 Å². The van der Waals surface area contributed by atoms with Crippen molar-refractivity contribution in [2.24, 2.45) is 11.1 Å². The molecule has 0 unspecified atom stereocenters. The highest BCUT2D eigenvalue weighted by Gasteiger charge is 2.39. The molecule has 92 valence electrons. The first-order valence-corrected chi connectivity index (χ1v) is 7.26. The van der Waals surface area contributed by atoms with Crippen LogP contribution in [0, 0.1) is 5.41 Å². The highest BCUT2D eigenvalue weighted by molar-refractivity contribution is 6.60. The number of hydrogen-bond acceptors (Lipinski definition) is 4. The summed E-state index contributed by atoms with van der Waals surface area (Å²) in [6, 6.07) is 0.784. The minimum absolute atomic E-state index is 0.123. The molecule has 2 N–H and O–H groups in total. The van der Waals surface area contributed by atoms with Gasteiger partial charge in [-0.15, -0.1) is 0 Å². The lowest BCUT2D eigenvalue weighted by atomic mass is 9.99. The van der Waals surface area contributed by atoms with Crippen molar-refractivity contribution in [2.45, 2.75) is 33.2 Å². The van der Waals surface area contributed by atoms with E-state index in [2.05, 4.69) is 20.8 Å². The van der Waals surface area contributed by atoms with Gasteiger partial charge < -0.3 is 19.0 Å². The topological polar surface area (TPSA) is 53.7 Å². The Morgan fingerprint density at radius 1 is 1.13 bits per heavy atom. The van der Waals surface area contributed by atoms with Crippen LogP contribution in [0.3, 0.4) is 0 Å². The first-order valence-electron chi connectivity index (χ1n) is 5.33. The van der Waals surface area contributed by atoms with Crippen LogP contribution in [0.5, 0.6) is 0 Å². The fourth-order valence-electron chi connectivity index (χ4n) is 1.12. The molecular weight excluding hydrogens is 210 g/mol. The van der Waals surface area contributed by atoms with Crippen molar-refractivity contribution in [1.82, 2.24) is 0 Å². The maximum absolute atomic E-state index is 5.83. The minimum Gasteiger partial charge on any atom is -0.377 e. The smallest absolute Gasteiger partial charge is 0.377 e. The molecule has 0 aromatic carbocycles. The Morgan fingerprint density at radius 3 is 2.00 bits per heavy atom. The Labute approximate surface area is 94.5 Å². The molecule has 0 saturated heterocycles. The van der Waals surface area contributed by atoms with E-state index in [9.17, 15) is 0 Å². The SMILES string of the molecule is CO[Si](CCCN)(OC)OCC(C)(C)C. The van der Waals surface area contributed by atoms with Crippen LogP contribution in [0.15, 0.2) is 0 Å². The maximum Gasteiger partial charge on any atom is 0.500 e. The lowest BCUT2D eigenvalue weighted by Gasteiger charge is -2.30. The summed E-state index contributed by atoms with van der Waals surface area (Å²) in [5.41, 5.74) is 5.61. The van der Waals surface area contributed by atoms with E-state index in [1.54, 1.807) is 14.2 Å². The lowest BCUT2D eigenvalue weighted by molar-refractivity contribution is 0.0654. The van der Waals surface area contributed by atoms with Crippen molar-refractivity contribution in [2.75, 3.05) is 27.4 Å².